The van der Waals surface area contributed by atoms with Gasteiger partial charge >= 0.3 is 0 Å². The molecule has 1 aromatic heterocycles. The molecule has 3 heterocycles. The molecular formula is C23H30N4O2. The van der Waals surface area contributed by atoms with Gasteiger partial charge in [-0.1, -0.05) is 37.3 Å². The minimum Gasteiger partial charge on any atom is -0.370 e. The van der Waals surface area contributed by atoms with Crippen LogP contribution in [0.4, 0.5) is 5.69 Å². The summed E-state index contributed by atoms with van der Waals surface area (Å²) in [6.07, 6.45) is 5.81. The van der Waals surface area contributed by atoms with Crippen LogP contribution in [0.3, 0.4) is 0 Å². The molecule has 6 heteroatoms. The van der Waals surface area contributed by atoms with E-state index < -0.39 is 0 Å². The molecular weight excluding hydrogens is 364 g/mol. The Balaban J connectivity index is 1.35. The van der Waals surface area contributed by atoms with E-state index in [9.17, 15) is 9.59 Å². The number of amides is 1. The van der Waals surface area contributed by atoms with Gasteiger partial charge in [-0.05, 0) is 37.2 Å². The maximum Gasteiger partial charge on any atom is 0.269 e. The van der Waals surface area contributed by atoms with Crippen LogP contribution in [0, 0.1) is 11.8 Å². The number of carbonyl (C=O) groups excluding carboxylic acids is 1. The van der Waals surface area contributed by atoms with Gasteiger partial charge in [-0.25, -0.2) is 4.68 Å². The number of rotatable bonds is 4. The van der Waals surface area contributed by atoms with Crippen molar-refractivity contribution >= 4 is 11.6 Å². The highest BCUT2D eigenvalue weighted by atomic mass is 16.2. The molecule has 0 saturated carbocycles. The van der Waals surface area contributed by atoms with Crippen LogP contribution in [0.15, 0.2) is 47.4 Å². The fraction of sp³-hybridized carbons (Fsp3) is 0.522. The molecule has 6 nitrogen and oxygen atoms in total. The molecule has 1 aromatic carbocycles. The normalized spacial score (nSPS) is 20.7. The van der Waals surface area contributed by atoms with Crippen LogP contribution in [0.25, 0.3) is 0 Å². The molecule has 0 aliphatic carbocycles. The molecule has 2 aliphatic rings. The van der Waals surface area contributed by atoms with Crippen LogP contribution >= 0.6 is 0 Å². The molecule has 1 atom stereocenters. The third kappa shape index (κ3) is 4.69. The van der Waals surface area contributed by atoms with Gasteiger partial charge in [0.1, 0.15) is 0 Å². The average molecular weight is 395 g/mol. The first-order valence-electron chi connectivity index (χ1n) is 10.7. The summed E-state index contributed by atoms with van der Waals surface area (Å²) in [5, 5.41) is 4.37. The molecule has 0 spiro atoms. The number of hydrogen-bond donors (Lipinski definition) is 0. The number of carbonyl (C=O) groups is 1. The Hall–Kier alpha value is -2.63. The Bertz CT molecular complexity index is 887. The lowest BCUT2D eigenvalue weighted by Crippen LogP contribution is -2.46. The van der Waals surface area contributed by atoms with Crippen LogP contribution in [0.5, 0.6) is 0 Å². The Morgan fingerprint density at radius 3 is 2.55 bits per heavy atom. The summed E-state index contributed by atoms with van der Waals surface area (Å²) in [5.74, 6) is 1.05. The fourth-order valence-electron chi connectivity index (χ4n) is 4.50. The first-order valence-corrected chi connectivity index (χ1v) is 10.7. The van der Waals surface area contributed by atoms with Crippen molar-refractivity contribution in [2.75, 3.05) is 31.1 Å². The summed E-state index contributed by atoms with van der Waals surface area (Å²) in [5.41, 5.74) is 1.82. The van der Waals surface area contributed by atoms with Crippen molar-refractivity contribution in [2.45, 2.75) is 39.2 Å². The summed E-state index contributed by atoms with van der Waals surface area (Å²) in [7, 11) is 0. The van der Waals surface area contributed by atoms with Crippen molar-refractivity contribution in [3.05, 3.63) is 58.5 Å². The topological polar surface area (TPSA) is 58.4 Å². The lowest BCUT2D eigenvalue weighted by Gasteiger charge is -2.37. The van der Waals surface area contributed by atoms with Gasteiger partial charge < -0.3 is 9.80 Å². The Morgan fingerprint density at radius 1 is 1.10 bits per heavy atom. The zero-order chi connectivity index (χ0) is 20.2. The van der Waals surface area contributed by atoms with Crippen molar-refractivity contribution in [1.29, 1.82) is 0 Å². The first kappa shape index (κ1) is 19.7. The lowest BCUT2D eigenvalue weighted by molar-refractivity contribution is -0.137. The molecule has 29 heavy (non-hydrogen) atoms. The van der Waals surface area contributed by atoms with E-state index in [0.717, 1.165) is 56.7 Å². The summed E-state index contributed by atoms with van der Waals surface area (Å²) >= 11 is 0. The highest BCUT2D eigenvalue weighted by Gasteiger charge is 2.30. The minimum absolute atomic E-state index is 0.0909. The predicted molar refractivity (Wildman–Crippen MR) is 114 cm³/mol. The Labute approximate surface area is 172 Å². The molecule has 2 fully saturated rings. The smallest absolute Gasteiger partial charge is 0.269 e. The van der Waals surface area contributed by atoms with Gasteiger partial charge in [-0.15, -0.1) is 0 Å². The molecule has 2 aliphatic heterocycles. The number of piperidine rings is 2. The lowest BCUT2D eigenvalue weighted by atomic mass is 9.92. The van der Waals surface area contributed by atoms with Gasteiger partial charge in [-0.3, -0.25) is 9.59 Å². The number of hydrogen-bond acceptors (Lipinski definition) is 4. The van der Waals surface area contributed by atoms with Crippen molar-refractivity contribution in [3.63, 3.8) is 0 Å². The second-order valence-corrected chi connectivity index (χ2v) is 8.49. The Kier molecular flexibility index (Phi) is 5.97. The maximum atomic E-state index is 12.9. The highest BCUT2D eigenvalue weighted by Crippen LogP contribution is 2.25. The number of anilines is 1. The standard InChI is InChI=1S/C23H30N4O2/c1-18-6-5-11-26(16-18)23(29)20-9-12-25(13-10-20)21-14-22(28)27(24-15-21)17-19-7-3-2-4-8-19/h2-4,7-8,14-15,18,20H,5-6,9-13,16-17H2,1H3. The van der Waals surface area contributed by atoms with Gasteiger partial charge in [0.25, 0.3) is 5.56 Å². The van der Waals surface area contributed by atoms with E-state index in [2.05, 4.69) is 21.8 Å². The number of likely N-dealkylation sites (tertiary alicyclic amines) is 1. The second-order valence-electron chi connectivity index (χ2n) is 8.49. The molecule has 0 radical (unpaired) electrons. The first-order chi connectivity index (χ1) is 14.1. The van der Waals surface area contributed by atoms with Gasteiger partial charge in [0, 0.05) is 38.2 Å². The van der Waals surface area contributed by atoms with Gasteiger partial charge in [0.15, 0.2) is 0 Å². The van der Waals surface area contributed by atoms with Crippen molar-refractivity contribution in [3.8, 4) is 0 Å². The van der Waals surface area contributed by atoms with E-state index in [1.807, 2.05) is 30.3 Å². The maximum absolute atomic E-state index is 12.9. The predicted octanol–water partition coefficient (Wildman–Crippen LogP) is 2.77. The van der Waals surface area contributed by atoms with E-state index in [-0.39, 0.29) is 11.5 Å². The quantitative estimate of drug-likeness (QED) is 0.800. The molecule has 154 valence electrons. The fourth-order valence-corrected chi connectivity index (χ4v) is 4.50. The van der Waals surface area contributed by atoms with Crippen molar-refractivity contribution < 1.29 is 4.79 Å². The van der Waals surface area contributed by atoms with E-state index in [4.69, 9.17) is 0 Å². The summed E-state index contributed by atoms with van der Waals surface area (Å²) < 4.78 is 1.49. The third-order valence-electron chi connectivity index (χ3n) is 6.21. The van der Waals surface area contributed by atoms with Crippen molar-refractivity contribution in [1.82, 2.24) is 14.7 Å². The zero-order valence-corrected chi connectivity index (χ0v) is 17.2. The number of nitrogens with zero attached hydrogens (tertiary/aromatic N) is 4. The molecule has 1 unspecified atom stereocenters. The van der Waals surface area contributed by atoms with E-state index >= 15 is 0 Å². The zero-order valence-electron chi connectivity index (χ0n) is 17.2. The number of aromatic nitrogens is 2. The second kappa shape index (κ2) is 8.80. The van der Waals surface area contributed by atoms with E-state index in [0.29, 0.717) is 18.4 Å². The average Bonchev–Trinajstić information content (AvgIpc) is 2.75. The molecule has 0 N–H and O–H groups in total. The van der Waals surface area contributed by atoms with Crippen LogP contribution in [0.1, 0.15) is 38.2 Å². The molecule has 1 amide bonds. The van der Waals surface area contributed by atoms with Crippen LogP contribution in [-0.4, -0.2) is 46.8 Å². The van der Waals surface area contributed by atoms with Crippen LogP contribution in [-0.2, 0) is 11.3 Å². The molecule has 2 saturated heterocycles. The van der Waals surface area contributed by atoms with Crippen LogP contribution in [0.2, 0.25) is 0 Å². The monoisotopic (exact) mass is 394 g/mol. The molecule has 4 rings (SSSR count). The molecule has 2 aromatic rings. The summed E-state index contributed by atoms with van der Waals surface area (Å²) in [6.45, 7) is 6.11. The summed E-state index contributed by atoms with van der Waals surface area (Å²) in [6, 6.07) is 11.5. The SMILES string of the molecule is CC1CCCN(C(=O)C2CCN(c3cnn(Cc4ccccc4)c(=O)c3)CC2)C1. The minimum atomic E-state index is -0.0909. The van der Waals surface area contributed by atoms with E-state index in [1.54, 1.807) is 12.3 Å². The summed E-state index contributed by atoms with van der Waals surface area (Å²) in [4.78, 5) is 29.6. The van der Waals surface area contributed by atoms with Gasteiger partial charge in [-0.2, -0.15) is 5.10 Å². The van der Waals surface area contributed by atoms with Gasteiger partial charge in [0.05, 0.1) is 18.4 Å². The van der Waals surface area contributed by atoms with Gasteiger partial charge in [0.2, 0.25) is 5.91 Å². The largest absolute Gasteiger partial charge is 0.370 e. The highest BCUT2D eigenvalue weighted by molar-refractivity contribution is 5.79. The van der Waals surface area contributed by atoms with E-state index in [1.165, 1.54) is 11.1 Å². The van der Waals surface area contributed by atoms with Crippen LogP contribution < -0.4 is 10.5 Å². The Morgan fingerprint density at radius 2 is 1.86 bits per heavy atom. The molecule has 0 bridgehead atoms. The third-order valence-corrected chi connectivity index (χ3v) is 6.21. The van der Waals surface area contributed by atoms with Crippen molar-refractivity contribution in [2.24, 2.45) is 11.8 Å². The number of benzene rings is 1.